The van der Waals surface area contributed by atoms with E-state index in [2.05, 4.69) is 32.1 Å². The standard InChI is InChI=1S/C18H28O2/c1-5-12(3)18(19)20-16-9-7-8-14-11-10-13(4)15(6-2)17(14)16/h8,10-13,15-17H,5-7,9H2,1-4H3/t12-,13-,15?,16-,17?/m0/s1. The van der Waals surface area contributed by atoms with Crippen LogP contribution in [0.5, 0.6) is 0 Å². The third-order valence-electron chi connectivity index (χ3n) is 5.10. The van der Waals surface area contributed by atoms with Gasteiger partial charge in [-0.25, -0.2) is 0 Å². The van der Waals surface area contributed by atoms with Crippen LogP contribution in [0.3, 0.4) is 0 Å². The summed E-state index contributed by atoms with van der Waals surface area (Å²) in [7, 11) is 0. The van der Waals surface area contributed by atoms with Crippen LogP contribution in [0.1, 0.15) is 53.4 Å². The van der Waals surface area contributed by atoms with E-state index in [1.807, 2.05) is 13.8 Å². The molecule has 2 aliphatic rings. The van der Waals surface area contributed by atoms with Gasteiger partial charge in [-0.1, -0.05) is 52.3 Å². The molecule has 2 rings (SSSR count). The molecule has 2 nitrogen and oxygen atoms in total. The molecular weight excluding hydrogens is 248 g/mol. The SMILES string of the molecule is CCC1C2C(=CCC[C@@H]2OC(=O)[C@@H](C)CC)C=C[C@@H]1C. The van der Waals surface area contributed by atoms with Crippen molar-refractivity contribution in [3.63, 3.8) is 0 Å². The molecule has 0 fully saturated rings. The molecule has 20 heavy (non-hydrogen) atoms. The first kappa shape index (κ1) is 15.3. The van der Waals surface area contributed by atoms with Gasteiger partial charge in [-0.3, -0.25) is 4.79 Å². The summed E-state index contributed by atoms with van der Waals surface area (Å²) in [5.74, 6) is 1.57. The van der Waals surface area contributed by atoms with Crippen LogP contribution in [0.4, 0.5) is 0 Å². The Hall–Kier alpha value is -1.05. The van der Waals surface area contributed by atoms with Crippen molar-refractivity contribution in [3.8, 4) is 0 Å². The Kier molecular flexibility index (Phi) is 5.06. The summed E-state index contributed by atoms with van der Waals surface area (Å²) >= 11 is 0. The number of carbonyl (C=O) groups excluding carboxylic acids is 1. The number of hydrogen-bond donors (Lipinski definition) is 0. The average Bonchev–Trinajstić information content (AvgIpc) is 2.46. The molecule has 0 saturated heterocycles. The van der Waals surface area contributed by atoms with Crippen LogP contribution in [-0.4, -0.2) is 12.1 Å². The van der Waals surface area contributed by atoms with Gasteiger partial charge in [0.25, 0.3) is 0 Å². The van der Waals surface area contributed by atoms with Crippen molar-refractivity contribution in [1.29, 1.82) is 0 Å². The molecule has 0 amide bonds. The fourth-order valence-corrected chi connectivity index (χ4v) is 3.57. The molecule has 2 aliphatic carbocycles. The first-order chi connectivity index (χ1) is 9.58. The molecule has 0 aliphatic heterocycles. The number of rotatable bonds is 4. The zero-order valence-electron chi connectivity index (χ0n) is 13.3. The molecule has 0 radical (unpaired) electrons. The van der Waals surface area contributed by atoms with Gasteiger partial charge >= 0.3 is 5.97 Å². The Morgan fingerprint density at radius 3 is 2.85 bits per heavy atom. The quantitative estimate of drug-likeness (QED) is 0.706. The Labute approximate surface area is 123 Å². The zero-order valence-corrected chi connectivity index (χ0v) is 13.3. The lowest BCUT2D eigenvalue weighted by Crippen LogP contribution is -2.39. The highest BCUT2D eigenvalue weighted by molar-refractivity contribution is 5.72. The van der Waals surface area contributed by atoms with E-state index < -0.39 is 0 Å². The van der Waals surface area contributed by atoms with E-state index in [1.165, 1.54) is 5.57 Å². The Morgan fingerprint density at radius 1 is 1.45 bits per heavy atom. The lowest BCUT2D eigenvalue weighted by Gasteiger charge is -2.41. The third kappa shape index (κ3) is 2.99. The summed E-state index contributed by atoms with van der Waals surface area (Å²) in [6.45, 7) is 8.53. The highest BCUT2D eigenvalue weighted by Gasteiger charge is 2.39. The number of allylic oxidation sites excluding steroid dienone is 3. The van der Waals surface area contributed by atoms with E-state index in [-0.39, 0.29) is 18.0 Å². The number of hydrogen-bond acceptors (Lipinski definition) is 2. The van der Waals surface area contributed by atoms with E-state index in [4.69, 9.17) is 4.74 Å². The molecule has 0 saturated carbocycles. The number of fused-ring (bicyclic) bond motifs is 1. The van der Waals surface area contributed by atoms with Crippen molar-refractivity contribution < 1.29 is 9.53 Å². The minimum absolute atomic E-state index is 0.0148. The molecule has 112 valence electrons. The third-order valence-corrected chi connectivity index (χ3v) is 5.10. The number of carbonyl (C=O) groups is 1. The number of esters is 1. The summed E-state index contributed by atoms with van der Waals surface area (Å²) in [5.41, 5.74) is 1.39. The van der Waals surface area contributed by atoms with Gasteiger partial charge in [0, 0.05) is 5.92 Å². The van der Waals surface area contributed by atoms with Crippen molar-refractivity contribution in [3.05, 3.63) is 23.8 Å². The smallest absolute Gasteiger partial charge is 0.308 e. The minimum atomic E-state index is -0.0178. The van der Waals surface area contributed by atoms with E-state index >= 15 is 0 Å². The summed E-state index contributed by atoms with van der Waals surface area (Å²) in [4.78, 5) is 12.1. The van der Waals surface area contributed by atoms with Crippen LogP contribution >= 0.6 is 0 Å². The second kappa shape index (κ2) is 6.60. The topological polar surface area (TPSA) is 26.3 Å². The molecule has 0 bridgehead atoms. The average molecular weight is 276 g/mol. The van der Waals surface area contributed by atoms with Crippen molar-refractivity contribution in [2.75, 3.05) is 0 Å². The van der Waals surface area contributed by atoms with Gasteiger partial charge in [0.15, 0.2) is 0 Å². The van der Waals surface area contributed by atoms with Gasteiger partial charge in [0.2, 0.25) is 0 Å². The molecular formula is C18H28O2. The summed E-state index contributed by atoms with van der Waals surface area (Å²) in [6, 6.07) is 0. The van der Waals surface area contributed by atoms with Gasteiger partial charge < -0.3 is 4.74 Å². The maximum Gasteiger partial charge on any atom is 0.308 e. The monoisotopic (exact) mass is 276 g/mol. The van der Waals surface area contributed by atoms with E-state index in [9.17, 15) is 4.79 Å². The van der Waals surface area contributed by atoms with Crippen LogP contribution in [0.2, 0.25) is 0 Å². The van der Waals surface area contributed by atoms with Crippen LogP contribution in [0.15, 0.2) is 23.8 Å². The van der Waals surface area contributed by atoms with E-state index in [0.29, 0.717) is 17.8 Å². The van der Waals surface area contributed by atoms with E-state index in [0.717, 1.165) is 25.7 Å². The van der Waals surface area contributed by atoms with Crippen LogP contribution in [0.25, 0.3) is 0 Å². The van der Waals surface area contributed by atoms with Gasteiger partial charge in [0.05, 0.1) is 5.92 Å². The summed E-state index contributed by atoms with van der Waals surface area (Å²) < 4.78 is 5.88. The van der Waals surface area contributed by atoms with Gasteiger partial charge in [-0.15, -0.1) is 0 Å². The van der Waals surface area contributed by atoms with E-state index in [1.54, 1.807) is 0 Å². The molecule has 2 heteroatoms. The summed E-state index contributed by atoms with van der Waals surface area (Å²) in [6.07, 6.45) is 11.0. The molecule has 0 aromatic carbocycles. The maximum atomic E-state index is 12.1. The fraction of sp³-hybridized carbons (Fsp3) is 0.722. The van der Waals surface area contributed by atoms with Crippen molar-refractivity contribution >= 4 is 5.97 Å². The first-order valence-electron chi connectivity index (χ1n) is 8.17. The van der Waals surface area contributed by atoms with Gasteiger partial charge in [-0.2, -0.15) is 0 Å². The van der Waals surface area contributed by atoms with Gasteiger partial charge in [-0.05, 0) is 36.7 Å². The van der Waals surface area contributed by atoms with Crippen LogP contribution < -0.4 is 0 Å². The highest BCUT2D eigenvalue weighted by atomic mass is 16.5. The molecule has 0 aromatic heterocycles. The van der Waals surface area contributed by atoms with Crippen LogP contribution in [-0.2, 0) is 9.53 Å². The second-order valence-electron chi connectivity index (χ2n) is 6.38. The highest BCUT2D eigenvalue weighted by Crippen LogP contribution is 2.42. The first-order valence-corrected chi connectivity index (χ1v) is 8.17. The predicted octanol–water partition coefficient (Wildman–Crippen LogP) is 4.51. The normalized spacial score (nSPS) is 34.1. The maximum absolute atomic E-state index is 12.1. The van der Waals surface area contributed by atoms with Crippen LogP contribution in [0, 0.1) is 23.7 Å². The van der Waals surface area contributed by atoms with Crippen molar-refractivity contribution in [2.45, 2.75) is 59.5 Å². The molecule has 5 atom stereocenters. The van der Waals surface area contributed by atoms with Crippen molar-refractivity contribution in [1.82, 2.24) is 0 Å². The molecule has 0 heterocycles. The molecule has 0 spiro atoms. The second-order valence-corrected chi connectivity index (χ2v) is 6.38. The zero-order chi connectivity index (χ0) is 14.7. The predicted molar refractivity (Wildman–Crippen MR) is 82.2 cm³/mol. The van der Waals surface area contributed by atoms with Gasteiger partial charge in [0.1, 0.15) is 6.10 Å². The minimum Gasteiger partial charge on any atom is -0.461 e. The lowest BCUT2D eigenvalue weighted by molar-refractivity contribution is -0.157. The molecule has 2 unspecified atom stereocenters. The Balaban J connectivity index is 2.16. The number of ether oxygens (including phenoxy) is 1. The summed E-state index contributed by atoms with van der Waals surface area (Å²) in [5, 5.41) is 0. The lowest BCUT2D eigenvalue weighted by atomic mass is 9.67. The fourth-order valence-electron chi connectivity index (χ4n) is 3.57. The molecule has 0 N–H and O–H groups in total. The van der Waals surface area contributed by atoms with Crippen molar-refractivity contribution in [2.24, 2.45) is 23.7 Å². The Morgan fingerprint density at radius 2 is 2.20 bits per heavy atom. The molecule has 0 aromatic rings. The largest absolute Gasteiger partial charge is 0.461 e. The Bertz CT molecular complexity index is 408.